The molecule has 0 aromatic heterocycles. The van der Waals surface area contributed by atoms with Crippen LogP contribution in [0.5, 0.6) is 0 Å². The minimum atomic E-state index is -3.51. The van der Waals surface area contributed by atoms with Gasteiger partial charge in [0.25, 0.3) is 0 Å². The standard InChI is InChI=1S/C21H27NO2S/c1-3-4-5-9-12-20(17-19-10-7-6-8-11-19)22-25(23,24)21-15-13-18(2)14-16-21/h3,6-8,10-11,13-16,20,22H,1,4-5,9,12,17H2,2H3. The van der Waals surface area contributed by atoms with Crippen LogP contribution in [0.3, 0.4) is 0 Å². The predicted octanol–water partition coefficient (Wildman–Crippen LogP) is 4.63. The fraction of sp³-hybridized carbons (Fsp3) is 0.333. The molecule has 2 aromatic rings. The van der Waals surface area contributed by atoms with Crippen LogP contribution < -0.4 is 4.72 Å². The Balaban J connectivity index is 2.10. The number of nitrogens with one attached hydrogen (secondary N) is 1. The molecule has 0 heterocycles. The fourth-order valence-electron chi connectivity index (χ4n) is 2.79. The molecule has 0 spiro atoms. The maximum absolute atomic E-state index is 12.7. The molecule has 0 saturated heterocycles. The first-order valence-electron chi connectivity index (χ1n) is 8.75. The van der Waals surface area contributed by atoms with E-state index in [-0.39, 0.29) is 6.04 Å². The SMILES string of the molecule is C=CCCCCC(Cc1ccccc1)NS(=O)(=O)c1ccc(C)cc1. The molecule has 2 aromatic carbocycles. The Labute approximate surface area is 151 Å². The molecule has 1 N–H and O–H groups in total. The van der Waals surface area contributed by atoms with Gasteiger partial charge in [-0.1, -0.05) is 60.5 Å². The zero-order valence-electron chi connectivity index (χ0n) is 14.8. The topological polar surface area (TPSA) is 46.2 Å². The maximum Gasteiger partial charge on any atom is 0.240 e. The largest absolute Gasteiger partial charge is 0.240 e. The third-order valence-corrected chi connectivity index (χ3v) is 5.73. The summed E-state index contributed by atoms with van der Waals surface area (Å²) in [5, 5.41) is 0. The van der Waals surface area contributed by atoms with Crippen LogP contribution >= 0.6 is 0 Å². The van der Waals surface area contributed by atoms with Crippen LogP contribution in [-0.2, 0) is 16.4 Å². The monoisotopic (exact) mass is 357 g/mol. The molecule has 25 heavy (non-hydrogen) atoms. The van der Waals surface area contributed by atoms with E-state index in [4.69, 9.17) is 0 Å². The molecular formula is C21H27NO2S. The van der Waals surface area contributed by atoms with Gasteiger partial charge in [0.1, 0.15) is 0 Å². The lowest BCUT2D eigenvalue weighted by Crippen LogP contribution is -2.36. The molecule has 134 valence electrons. The number of hydrogen-bond donors (Lipinski definition) is 1. The summed E-state index contributed by atoms with van der Waals surface area (Å²) in [6.45, 7) is 5.69. The van der Waals surface area contributed by atoms with E-state index < -0.39 is 10.0 Å². The zero-order valence-corrected chi connectivity index (χ0v) is 15.6. The zero-order chi connectivity index (χ0) is 18.1. The van der Waals surface area contributed by atoms with E-state index in [1.165, 1.54) is 0 Å². The lowest BCUT2D eigenvalue weighted by molar-refractivity contribution is 0.505. The minimum absolute atomic E-state index is 0.112. The number of benzene rings is 2. The molecule has 0 aliphatic heterocycles. The molecule has 4 heteroatoms. The maximum atomic E-state index is 12.7. The van der Waals surface area contributed by atoms with Crippen molar-refractivity contribution in [1.29, 1.82) is 0 Å². The highest BCUT2D eigenvalue weighted by atomic mass is 32.2. The molecule has 3 nitrogen and oxygen atoms in total. The Morgan fingerprint density at radius 1 is 1.04 bits per heavy atom. The van der Waals surface area contributed by atoms with Gasteiger partial charge in [-0.15, -0.1) is 6.58 Å². The van der Waals surface area contributed by atoms with Gasteiger partial charge >= 0.3 is 0 Å². The van der Waals surface area contributed by atoms with Crippen molar-refractivity contribution in [2.45, 2.75) is 50.0 Å². The van der Waals surface area contributed by atoms with Crippen LogP contribution in [0.2, 0.25) is 0 Å². The molecule has 2 rings (SSSR count). The van der Waals surface area contributed by atoms with Gasteiger partial charge in [0.15, 0.2) is 0 Å². The number of hydrogen-bond acceptors (Lipinski definition) is 2. The summed E-state index contributed by atoms with van der Waals surface area (Å²) in [6, 6.07) is 16.9. The Morgan fingerprint density at radius 2 is 1.72 bits per heavy atom. The van der Waals surface area contributed by atoms with Crippen LogP contribution in [0.1, 0.15) is 36.8 Å². The summed E-state index contributed by atoms with van der Waals surface area (Å²) in [4.78, 5) is 0.322. The molecule has 0 fully saturated rings. The summed E-state index contributed by atoms with van der Waals surface area (Å²) in [7, 11) is -3.51. The molecule has 1 atom stereocenters. The Hall–Kier alpha value is -1.91. The third-order valence-electron chi connectivity index (χ3n) is 4.19. The molecule has 0 bridgehead atoms. The van der Waals surface area contributed by atoms with Crippen molar-refractivity contribution in [2.24, 2.45) is 0 Å². The second-order valence-corrected chi connectivity index (χ2v) is 8.11. The van der Waals surface area contributed by atoms with Crippen molar-refractivity contribution in [3.8, 4) is 0 Å². The first kappa shape index (κ1) is 19.4. The van der Waals surface area contributed by atoms with Crippen LogP contribution in [0.25, 0.3) is 0 Å². The Morgan fingerprint density at radius 3 is 2.36 bits per heavy atom. The molecule has 0 aliphatic rings. The van der Waals surface area contributed by atoms with E-state index >= 15 is 0 Å². The molecule has 0 amide bonds. The average Bonchev–Trinajstić information content (AvgIpc) is 2.59. The molecule has 1 unspecified atom stereocenters. The number of unbranched alkanes of at least 4 members (excludes halogenated alkanes) is 2. The first-order valence-corrected chi connectivity index (χ1v) is 10.2. The number of aryl methyl sites for hydroxylation is 1. The number of allylic oxidation sites excluding steroid dienone is 1. The first-order chi connectivity index (χ1) is 12.0. The normalized spacial score (nSPS) is 12.7. The van der Waals surface area contributed by atoms with Gasteiger partial charge in [-0.3, -0.25) is 0 Å². The minimum Gasteiger partial charge on any atom is -0.208 e. The van der Waals surface area contributed by atoms with Crippen LogP contribution in [0, 0.1) is 6.92 Å². The highest BCUT2D eigenvalue weighted by molar-refractivity contribution is 7.89. The van der Waals surface area contributed by atoms with Crippen LogP contribution in [0.15, 0.2) is 72.1 Å². The van der Waals surface area contributed by atoms with Crippen molar-refractivity contribution in [1.82, 2.24) is 4.72 Å². The summed E-state index contributed by atoms with van der Waals surface area (Å²) in [5.74, 6) is 0. The van der Waals surface area contributed by atoms with Crippen molar-refractivity contribution in [3.05, 3.63) is 78.4 Å². The Kier molecular flexibility index (Phi) is 7.41. The fourth-order valence-corrected chi connectivity index (χ4v) is 4.06. The molecule has 0 aliphatic carbocycles. The van der Waals surface area contributed by atoms with Crippen molar-refractivity contribution in [2.75, 3.05) is 0 Å². The van der Waals surface area contributed by atoms with E-state index in [1.54, 1.807) is 12.1 Å². The van der Waals surface area contributed by atoms with Gasteiger partial charge in [0.05, 0.1) is 4.90 Å². The summed E-state index contributed by atoms with van der Waals surface area (Å²) < 4.78 is 28.3. The highest BCUT2D eigenvalue weighted by Gasteiger charge is 2.20. The predicted molar refractivity (Wildman–Crippen MR) is 104 cm³/mol. The summed E-state index contributed by atoms with van der Waals surface area (Å²) in [5.41, 5.74) is 2.19. The highest BCUT2D eigenvalue weighted by Crippen LogP contribution is 2.15. The second kappa shape index (κ2) is 9.54. The van der Waals surface area contributed by atoms with E-state index in [0.717, 1.165) is 36.8 Å². The second-order valence-electron chi connectivity index (χ2n) is 6.39. The third kappa shape index (κ3) is 6.48. The number of sulfonamides is 1. The van der Waals surface area contributed by atoms with Gasteiger partial charge in [-0.05, 0) is 50.3 Å². The van der Waals surface area contributed by atoms with Gasteiger partial charge in [-0.25, -0.2) is 13.1 Å². The average molecular weight is 358 g/mol. The lowest BCUT2D eigenvalue weighted by atomic mass is 10.0. The van der Waals surface area contributed by atoms with E-state index in [9.17, 15) is 8.42 Å². The Bertz CT molecular complexity index is 752. The molecular weight excluding hydrogens is 330 g/mol. The summed E-state index contributed by atoms with van der Waals surface area (Å²) >= 11 is 0. The summed E-state index contributed by atoms with van der Waals surface area (Å²) in [6.07, 6.45) is 6.38. The van der Waals surface area contributed by atoms with E-state index in [0.29, 0.717) is 11.3 Å². The van der Waals surface area contributed by atoms with Gasteiger partial charge < -0.3 is 0 Å². The van der Waals surface area contributed by atoms with E-state index in [1.807, 2.05) is 55.5 Å². The van der Waals surface area contributed by atoms with E-state index in [2.05, 4.69) is 11.3 Å². The van der Waals surface area contributed by atoms with Crippen molar-refractivity contribution in [3.63, 3.8) is 0 Å². The van der Waals surface area contributed by atoms with Gasteiger partial charge in [0, 0.05) is 6.04 Å². The van der Waals surface area contributed by atoms with Gasteiger partial charge in [0.2, 0.25) is 10.0 Å². The quantitative estimate of drug-likeness (QED) is 0.498. The smallest absolute Gasteiger partial charge is 0.208 e. The molecule has 0 saturated carbocycles. The number of rotatable bonds is 10. The lowest BCUT2D eigenvalue weighted by Gasteiger charge is -2.19. The van der Waals surface area contributed by atoms with Crippen LogP contribution in [0.4, 0.5) is 0 Å². The van der Waals surface area contributed by atoms with Crippen molar-refractivity contribution < 1.29 is 8.42 Å². The molecule has 0 radical (unpaired) electrons. The van der Waals surface area contributed by atoms with Gasteiger partial charge in [-0.2, -0.15) is 0 Å². The van der Waals surface area contributed by atoms with Crippen LogP contribution in [-0.4, -0.2) is 14.5 Å². The van der Waals surface area contributed by atoms with Crippen molar-refractivity contribution >= 4 is 10.0 Å².